The van der Waals surface area contributed by atoms with Crippen LogP contribution in [0.4, 0.5) is 10.1 Å². The number of hydrogen-bond donors (Lipinski definition) is 1. The molecule has 0 bridgehead atoms. The van der Waals surface area contributed by atoms with E-state index in [1.165, 1.54) is 34.4 Å². The van der Waals surface area contributed by atoms with Crippen LogP contribution < -0.4 is 10.9 Å². The summed E-state index contributed by atoms with van der Waals surface area (Å²) in [5.41, 5.74) is 1.98. The van der Waals surface area contributed by atoms with E-state index in [0.717, 1.165) is 11.1 Å². The lowest BCUT2D eigenvalue weighted by molar-refractivity contribution is -0.116. The average molecular weight is 393 g/mol. The lowest BCUT2D eigenvalue weighted by atomic mass is 10.1. The Kier molecular flexibility index (Phi) is 4.99. The molecule has 28 heavy (non-hydrogen) atoms. The molecule has 7 heteroatoms. The van der Waals surface area contributed by atoms with Gasteiger partial charge >= 0.3 is 0 Å². The monoisotopic (exact) mass is 393 g/mol. The Morgan fingerprint density at radius 1 is 1.11 bits per heavy atom. The summed E-state index contributed by atoms with van der Waals surface area (Å²) in [6.45, 7) is 0.221. The molecule has 1 amide bonds. The molecule has 5 nitrogen and oxygen atoms in total. The predicted octanol–water partition coefficient (Wildman–Crippen LogP) is 4.29. The highest BCUT2D eigenvalue weighted by molar-refractivity contribution is 7.17. The minimum Gasteiger partial charge on any atom is -0.326 e. The third-order valence-electron chi connectivity index (χ3n) is 4.35. The maximum atomic E-state index is 13.2. The van der Waals surface area contributed by atoms with E-state index in [2.05, 4.69) is 10.3 Å². The van der Waals surface area contributed by atoms with Crippen molar-refractivity contribution >= 4 is 33.1 Å². The molecule has 140 valence electrons. The Morgan fingerprint density at radius 2 is 1.86 bits per heavy atom. The molecule has 0 fully saturated rings. The quantitative estimate of drug-likeness (QED) is 0.550. The van der Waals surface area contributed by atoms with Gasteiger partial charge < -0.3 is 5.32 Å². The number of rotatable bonds is 5. The highest BCUT2D eigenvalue weighted by Crippen LogP contribution is 2.30. The summed E-state index contributed by atoms with van der Waals surface area (Å²) < 4.78 is 14.6. The van der Waals surface area contributed by atoms with Crippen LogP contribution in [0, 0.1) is 5.82 Å². The van der Waals surface area contributed by atoms with Gasteiger partial charge in [0.15, 0.2) is 0 Å². The molecule has 4 rings (SSSR count). The Hall–Kier alpha value is -3.32. The molecule has 0 unspecified atom stereocenters. The van der Waals surface area contributed by atoms with Gasteiger partial charge in [0.05, 0.1) is 11.7 Å². The number of nitrogens with zero attached hydrogens (tertiary/aromatic N) is 2. The normalized spacial score (nSPS) is 10.9. The highest BCUT2D eigenvalue weighted by Gasteiger charge is 2.14. The Balaban J connectivity index is 1.57. The summed E-state index contributed by atoms with van der Waals surface area (Å²) in [7, 11) is 0. The average Bonchev–Trinajstić information content (AvgIpc) is 3.14. The molecule has 0 aliphatic rings. The highest BCUT2D eigenvalue weighted by atomic mass is 32.1. The summed E-state index contributed by atoms with van der Waals surface area (Å²) in [6, 6.07) is 15.2. The van der Waals surface area contributed by atoms with E-state index in [9.17, 15) is 14.0 Å². The first-order chi connectivity index (χ1) is 13.6. The fraction of sp³-hybridized carbons (Fsp3) is 0.0952. The summed E-state index contributed by atoms with van der Waals surface area (Å²) in [5.74, 6) is -0.509. The van der Waals surface area contributed by atoms with E-state index < -0.39 is 0 Å². The van der Waals surface area contributed by atoms with Gasteiger partial charge in [-0.05, 0) is 29.8 Å². The molecule has 0 saturated heterocycles. The van der Waals surface area contributed by atoms with Gasteiger partial charge in [-0.1, -0.05) is 30.3 Å². The number of aryl methyl sites for hydroxylation is 1. The minimum atomic E-state index is -0.330. The molecule has 0 aliphatic carbocycles. The number of hydrogen-bond acceptors (Lipinski definition) is 4. The molecular formula is C21H16FN3O2S. The molecule has 1 N–H and O–H groups in total. The van der Waals surface area contributed by atoms with Crippen molar-refractivity contribution in [2.45, 2.75) is 13.0 Å². The number of thiophene rings is 1. The molecule has 2 aromatic carbocycles. The van der Waals surface area contributed by atoms with Gasteiger partial charge in [0.25, 0.3) is 5.56 Å². The van der Waals surface area contributed by atoms with Crippen molar-refractivity contribution in [3.05, 3.63) is 82.5 Å². The number of para-hydroxylation sites is 1. The van der Waals surface area contributed by atoms with E-state index in [1.807, 2.05) is 23.6 Å². The number of amides is 1. The van der Waals surface area contributed by atoms with E-state index in [-0.39, 0.29) is 30.2 Å². The van der Waals surface area contributed by atoms with Gasteiger partial charge in [-0.25, -0.2) is 9.37 Å². The number of carbonyl (C=O) groups is 1. The van der Waals surface area contributed by atoms with Crippen LogP contribution in [-0.2, 0) is 11.3 Å². The molecule has 2 aromatic heterocycles. The number of anilines is 1. The van der Waals surface area contributed by atoms with E-state index >= 15 is 0 Å². The fourth-order valence-electron chi connectivity index (χ4n) is 2.94. The number of halogens is 1. The standard InChI is InChI=1S/C21H16FN3O2S/c22-15-8-6-14(7-9-15)17-12-28-20-19(17)21(27)25(13-23-20)11-10-18(26)24-16-4-2-1-3-5-16/h1-9,12-13H,10-11H2,(H,24,26). The van der Waals surface area contributed by atoms with Gasteiger partial charge in [-0.3, -0.25) is 14.2 Å². The number of fused-ring (bicyclic) bond motifs is 1. The Morgan fingerprint density at radius 3 is 2.61 bits per heavy atom. The van der Waals surface area contributed by atoms with Crippen molar-refractivity contribution in [3.8, 4) is 11.1 Å². The third kappa shape index (κ3) is 3.70. The lowest BCUT2D eigenvalue weighted by Crippen LogP contribution is -2.23. The van der Waals surface area contributed by atoms with E-state index in [4.69, 9.17) is 0 Å². The van der Waals surface area contributed by atoms with Crippen LogP contribution in [0.5, 0.6) is 0 Å². The lowest BCUT2D eigenvalue weighted by Gasteiger charge is -2.07. The molecule has 2 heterocycles. The van der Waals surface area contributed by atoms with Crippen LogP contribution in [0.25, 0.3) is 21.3 Å². The van der Waals surface area contributed by atoms with Crippen molar-refractivity contribution in [3.63, 3.8) is 0 Å². The molecule has 0 spiro atoms. The molecule has 0 aliphatic heterocycles. The van der Waals surface area contributed by atoms with Crippen LogP contribution in [-0.4, -0.2) is 15.5 Å². The third-order valence-corrected chi connectivity index (χ3v) is 5.24. The van der Waals surface area contributed by atoms with E-state index in [1.54, 1.807) is 24.3 Å². The Bertz CT molecular complexity index is 1180. The maximum absolute atomic E-state index is 13.2. The fourth-order valence-corrected chi connectivity index (χ4v) is 3.84. The molecule has 0 saturated carbocycles. The van der Waals surface area contributed by atoms with E-state index in [0.29, 0.717) is 15.9 Å². The first-order valence-corrected chi connectivity index (χ1v) is 9.57. The smallest absolute Gasteiger partial charge is 0.262 e. The predicted molar refractivity (Wildman–Crippen MR) is 109 cm³/mol. The van der Waals surface area contributed by atoms with Gasteiger partial charge in [-0.15, -0.1) is 11.3 Å². The van der Waals surface area contributed by atoms with Crippen LogP contribution in [0.3, 0.4) is 0 Å². The summed E-state index contributed by atoms with van der Waals surface area (Å²) >= 11 is 1.36. The molecule has 0 radical (unpaired) electrons. The molecule has 4 aromatic rings. The number of benzene rings is 2. The SMILES string of the molecule is O=C(CCn1cnc2scc(-c3ccc(F)cc3)c2c1=O)Nc1ccccc1. The van der Waals surface area contributed by atoms with Gasteiger partial charge in [0, 0.05) is 29.6 Å². The summed E-state index contributed by atoms with van der Waals surface area (Å²) in [5, 5.41) is 5.13. The van der Waals surface area contributed by atoms with Gasteiger partial charge in [0.2, 0.25) is 5.91 Å². The van der Waals surface area contributed by atoms with Gasteiger partial charge in [-0.2, -0.15) is 0 Å². The second kappa shape index (κ2) is 7.74. The van der Waals surface area contributed by atoms with Crippen LogP contribution in [0.1, 0.15) is 6.42 Å². The largest absolute Gasteiger partial charge is 0.326 e. The zero-order chi connectivity index (χ0) is 19.5. The summed E-state index contributed by atoms with van der Waals surface area (Å²) in [6.07, 6.45) is 1.61. The maximum Gasteiger partial charge on any atom is 0.262 e. The van der Waals surface area contributed by atoms with Crippen molar-refractivity contribution < 1.29 is 9.18 Å². The zero-order valence-corrected chi connectivity index (χ0v) is 15.6. The van der Waals surface area contributed by atoms with Crippen molar-refractivity contribution in [1.29, 1.82) is 0 Å². The van der Waals surface area contributed by atoms with Crippen LogP contribution in [0.2, 0.25) is 0 Å². The van der Waals surface area contributed by atoms with Crippen molar-refractivity contribution in [1.82, 2.24) is 9.55 Å². The molecule has 0 atom stereocenters. The topological polar surface area (TPSA) is 64.0 Å². The zero-order valence-electron chi connectivity index (χ0n) is 14.8. The van der Waals surface area contributed by atoms with Crippen molar-refractivity contribution in [2.75, 3.05) is 5.32 Å². The number of aromatic nitrogens is 2. The number of nitrogens with one attached hydrogen (secondary N) is 1. The van der Waals surface area contributed by atoms with Crippen molar-refractivity contribution in [2.24, 2.45) is 0 Å². The first kappa shape index (κ1) is 18.1. The van der Waals surface area contributed by atoms with Gasteiger partial charge in [0.1, 0.15) is 10.6 Å². The second-order valence-corrected chi connectivity index (χ2v) is 7.10. The Labute approximate surface area is 164 Å². The minimum absolute atomic E-state index is 0.151. The first-order valence-electron chi connectivity index (χ1n) is 8.69. The molecular weight excluding hydrogens is 377 g/mol. The van der Waals surface area contributed by atoms with Crippen LogP contribution in [0.15, 0.2) is 71.1 Å². The second-order valence-electron chi connectivity index (χ2n) is 6.24. The number of carbonyl (C=O) groups excluding carboxylic acids is 1. The summed E-state index contributed by atoms with van der Waals surface area (Å²) in [4.78, 5) is 30.1. The van der Waals surface area contributed by atoms with Crippen LogP contribution >= 0.6 is 11.3 Å².